The molecule has 4 N–H and O–H groups in total. The summed E-state index contributed by atoms with van der Waals surface area (Å²) in [6, 6.07) is 0.746. The smallest absolute Gasteiger partial charge is 0.226 e. The maximum absolute atomic E-state index is 12.9. The fourth-order valence-electron chi connectivity index (χ4n) is 4.64. The number of nitrogens with zero attached hydrogens (tertiary/aromatic N) is 6. The molecule has 0 saturated heterocycles. The molecule has 0 bridgehead atoms. The van der Waals surface area contributed by atoms with Gasteiger partial charge >= 0.3 is 0 Å². The van der Waals surface area contributed by atoms with E-state index in [2.05, 4.69) is 69.6 Å². The van der Waals surface area contributed by atoms with E-state index in [0.29, 0.717) is 37.9 Å². The average molecular weight is 531 g/mol. The van der Waals surface area contributed by atoms with Gasteiger partial charge in [-0.05, 0) is 45.2 Å². The van der Waals surface area contributed by atoms with Crippen molar-refractivity contribution < 1.29 is 9.59 Å². The Morgan fingerprint density at radius 3 is 2.26 bits per heavy atom. The van der Waals surface area contributed by atoms with Crippen LogP contribution in [0.25, 0.3) is 0 Å². The Balaban J connectivity index is 1.28. The molecule has 3 atom stereocenters. The molecule has 1 saturated carbocycles. The summed E-state index contributed by atoms with van der Waals surface area (Å²) in [6.07, 6.45) is 7.78. The third-order valence-electron chi connectivity index (χ3n) is 7.20. The van der Waals surface area contributed by atoms with Crippen LogP contribution in [0.15, 0.2) is 12.4 Å². The van der Waals surface area contributed by atoms with Gasteiger partial charge in [-0.25, -0.2) is 0 Å². The standard InChI is InChI=1S/C26H46N10O2/c1-6-24(37)30-16-22-18-36(34-32-22)14-8-11-28-20(4)23-15-26(23,5)25(38)29-12-9-21-17-35(33-31-21)13-7-10-27-19(2)3/h17-20,23,27-28H,6-16H2,1-5H3,(H,29,38)(H,30,37). The molecule has 2 aromatic heterocycles. The van der Waals surface area contributed by atoms with Crippen molar-refractivity contribution in [1.29, 1.82) is 0 Å². The highest BCUT2D eigenvalue weighted by Crippen LogP contribution is 2.54. The maximum atomic E-state index is 12.9. The molecule has 12 nitrogen and oxygen atoms in total. The maximum Gasteiger partial charge on any atom is 0.226 e. The number of rotatable bonds is 18. The molecule has 0 spiro atoms. The van der Waals surface area contributed by atoms with Gasteiger partial charge in [-0.2, -0.15) is 0 Å². The molecule has 38 heavy (non-hydrogen) atoms. The van der Waals surface area contributed by atoms with Crippen LogP contribution < -0.4 is 21.3 Å². The monoisotopic (exact) mass is 530 g/mol. The van der Waals surface area contributed by atoms with Crippen LogP contribution in [-0.4, -0.2) is 73.5 Å². The Morgan fingerprint density at radius 1 is 0.974 bits per heavy atom. The third kappa shape index (κ3) is 9.16. The number of amides is 2. The summed E-state index contributed by atoms with van der Waals surface area (Å²) in [7, 11) is 0. The molecular weight excluding hydrogens is 484 g/mol. The second kappa shape index (κ2) is 14.3. The van der Waals surface area contributed by atoms with E-state index in [9.17, 15) is 9.59 Å². The first kappa shape index (κ1) is 29.7. The highest BCUT2D eigenvalue weighted by molar-refractivity contribution is 5.85. The quantitative estimate of drug-likeness (QED) is 0.209. The second-order valence-electron chi connectivity index (χ2n) is 10.9. The highest BCUT2D eigenvalue weighted by Gasteiger charge is 2.57. The van der Waals surface area contributed by atoms with Crippen molar-refractivity contribution in [2.75, 3.05) is 19.6 Å². The molecule has 212 valence electrons. The van der Waals surface area contributed by atoms with E-state index >= 15 is 0 Å². The van der Waals surface area contributed by atoms with Crippen molar-refractivity contribution in [3.05, 3.63) is 23.8 Å². The average Bonchev–Trinajstić information content (AvgIpc) is 3.20. The van der Waals surface area contributed by atoms with Crippen LogP contribution in [0.4, 0.5) is 0 Å². The fourth-order valence-corrected chi connectivity index (χ4v) is 4.64. The SMILES string of the molecule is CCC(=O)NCc1cn(CCCNC(C)C2CC2(C)C(=O)NCCc2cn(CCCNC(C)C)nn2)nn1. The minimum absolute atomic E-state index is 0.00360. The summed E-state index contributed by atoms with van der Waals surface area (Å²) >= 11 is 0. The zero-order chi connectivity index (χ0) is 27.5. The number of carbonyl (C=O) groups excluding carboxylic acids is 2. The third-order valence-corrected chi connectivity index (χ3v) is 7.20. The Kier molecular flexibility index (Phi) is 11.2. The molecule has 0 aliphatic heterocycles. The number of hydrogen-bond donors (Lipinski definition) is 4. The van der Waals surface area contributed by atoms with Crippen LogP contribution in [0.2, 0.25) is 0 Å². The first-order valence-electron chi connectivity index (χ1n) is 14.0. The van der Waals surface area contributed by atoms with Crippen molar-refractivity contribution in [3.63, 3.8) is 0 Å². The first-order valence-corrected chi connectivity index (χ1v) is 14.0. The number of hydrogen-bond acceptors (Lipinski definition) is 8. The predicted octanol–water partition coefficient (Wildman–Crippen LogP) is 1.04. The van der Waals surface area contributed by atoms with Crippen molar-refractivity contribution in [2.24, 2.45) is 11.3 Å². The summed E-state index contributed by atoms with van der Waals surface area (Å²) in [4.78, 5) is 24.2. The molecule has 2 heterocycles. The summed E-state index contributed by atoms with van der Waals surface area (Å²) in [5, 5.41) is 29.5. The van der Waals surface area contributed by atoms with E-state index < -0.39 is 0 Å². The summed E-state index contributed by atoms with van der Waals surface area (Å²) in [5.74, 6) is 0.445. The normalized spacial score (nSPS) is 19.5. The van der Waals surface area contributed by atoms with E-state index in [0.717, 1.165) is 56.8 Å². The predicted molar refractivity (Wildman–Crippen MR) is 145 cm³/mol. The van der Waals surface area contributed by atoms with Crippen LogP contribution >= 0.6 is 0 Å². The van der Waals surface area contributed by atoms with Crippen molar-refractivity contribution >= 4 is 11.8 Å². The van der Waals surface area contributed by atoms with Crippen LogP contribution in [0.5, 0.6) is 0 Å². The van der Waals surface area contributed by atoms with E-state index in [1.165, 1.54) is 0 Å². The van der Waals surface area contributed by atoms with E-state index in [1.807, 2.05) is 24.0 Å². The largest absolute Gasteiger partial charge is 0.355 e. The Bertz CT molecular complexity index is 1020. The van der Waals surface area contributed by atoms with Gasteiger partial charge in [0.25, 0.3) is 0 Å². The zero-order valence-electron chi connectivity index (χ0n) is 23.7. The Hall–Kier alpha value is -2.86. The van der Waals surface area contributed by atoms with Gasteiger partial charge < -0.3 is 21.3 Å². The topological polar surface area (TPSA) is 144 Å². The molecule has 1 aliphatic rings. The number of carbonyl (C=O) groups is 2. The molecule has 2 amide bonds. The summed E-state index contributed by atoms with van der Waals surface area (Å²) in [6.45, 7) is 14.7. The first-order chi connectivity index (χ1) is 18.2. The number of aryl methyl sites for hydroxylation is 2. The summed E-state index contributed by atoms with van der Waals surface area (Å²) in [5.41, 5.74) is 1.34. The van der Waals surface area contributed by atoms with Crippen LogP contribution in [-0.2, 0) is 35.6 Å². The zero-order valence-corrected chi connectivity index (χ0v) is 23.7. The highest BCUT2D eigenvalue weighted by atomic mass is 16.2. The molecule has 3 unspecified atom stereocenters. The Labute approximate surface area is 226 Å². The van der Waals surface area contributed by atoms with E-state index in [1.54, 1.807) is 4.68 Å². The Morgan fingerprint density at radius 2 is 1.61 bits per heavy atom. The van der Waals surface area contributed by atoms with Gasteiger partial charge in [-0.1, -0.05) is 38.1 Å². The van der Waals surface area contributed by atoms with Gasteiger partial charge in [0.1, 0.15) is 5.69 Å². The lowest BCUT2D eigenvalue weighted by Gasteiger charge is -2.18. The minimum Gasteiger partial charge on any atom is -0.355 e. The van der Waals surface area contributed by atoms with Gasteiger partial charge in [0.15, 0.2) is 0 Å². The van der Waals surface area contributed by atoms with Crippen LogP contribution in [0.3, 0.4) is 0 Å². The fraction of sp³-hybridized carbons (Fsp3) is 0.769. The second-order valence-corrected chi connectivity index (χ2v) is 10.9. The molecule has 1 aliphatic carbocycles. The van der Waals surface area contributed by atoms with Gasteiger partial charge in [0, 0.05) is 50.8 Å². The molecule has 3 rings (SSSR count). The molecular formula is C26H46N10O2. The van der Waals surface area contributed by atoms with Crippen molar-refractivity contribution in [2.45, 2.75) is 98.4 Å². The molecule has 12 heteroatoms. The van der Waals surface area contributed by atoms with Crippen LogP contribution in [0.1, 0.15) is 71.7 Å². The minimum atomic E-state index is -0.322. The molecule has 0 aromatic carbocycles. The summed E-state index contributed by atoms with van der Waals surface area (Å²) < 4.78 is 3.68. The molecule has 2 aromatic rings. The lowest BCUT2D eigenvalue weighted by molar-refractivity contribution is -0.126. The van der Waals surface area contributed by atoms with Crippen LogP contribution in [0, 0.1) is 11.3 Å². The number of aromatic nitrogens is 6. The molecule has 1 fully saturated rings. The van der Waals surface area contributed by atoms with Gasteiger partial charge in [0.2, 0.25) is 11.8 Å². The number of nitrogens with one attached hydrogen (secondary N) is 4. The van der Waals surface area contributed by atoms with E-state index in [-0.39, 0.29) is 23.3 Å². The van der Waals surface area contributed by atoms with Gasteiger partial charge in [-0.3, -0.25) is 19.0 Å². The van der Waals surface area contributed by atoms with Crippen molar-refractivity contribution in [3.8, 4) is 0 Å². The van der Waals surface area contributed by atoms with Crippen molar-refractivity contribution in [1.82, 2.24) is 51.3 Å². The van der Waals surface area contributed by atoms with Gasteiger partial charge in [0.05, 0.1) is 23.9 Å². The van der Waals surface area contributed by atoms with E-state index in [4.69, 9.17) is 0 Å². The van der Waals surface area contributed by atoms with Gasteiger partial charge in [-0.15, -0.1) is 10.2 Å². The lowest BCUT2D eigenvalue weighted by Crippen LogP contribution is -2.37. The molecule has 0 radical (unpaired) electrons. The lowest BCUT2D eigenvalue weighted by atomic mass is 10.0.